The number of aromatic carboxylic acids is 1. The molecule has 0 spiro atoms. The Morgan fingerprint density at radius 2 is 2.15 bits per heavy atom. The molecule has 2 aromatic heterocycles. The van der Waals surface area contributed by atoms with E-state index < -0.39 is 5.97 Å². The summed E-state index contributed by atoms with van der Waals surface area (Å²) in [6, 6.07) is 9.38. The number of rotatable bonds is 1. The van der Waals surface area contributed by atoms with E-state index in [0.717, 1.165) is 27.5 Å². The molecule has 2 N–H and O–H groups in total. The van der Waals surface area contributed by atoms with Crippen LogP contribution in [-0.2, 0) is 0 Å². The average molecular weight is 265 g/mol. The van der Waals surface area contributed by atoms with Crippen LogP contribution in [0.4, 0.5) is 0 Å². The Morgan fingerprint density at radius 1 is 1.30 bits per heavy atom. The van der Waals surface area contributed by atoms with Crippen molar-refractivity contribution in [3.05, 3.63) is 47.7 Å². The summed E-state index contributed by atoms with van der Waals surface area (Å²) in [4.78, 5) is 14.6. The molecule has 4 rings (SSSR count). The first-order valence-corrected chi connectivity index (χ1v) is 6.27. The Balaban J connectivity index is 2.39. The van der Waals surface area contributed by atoms with Crippen LogP contribution >= 0.6 is 0 Å². The Labute approximate surface area is 113 Å². The Bertz CT molecular complexity index is 995. The van der Waals surface area contributed by atoms with E-state index in [9.17, 15) is 9.90 Å². The van der Waals surface area contributed by atoms with E-state index >= 15 is 0 Å². The van der Waals surface area contributed by atoms with Crippen LogP contribution in [0.15, 0.2) is 36.5 Å². The zero-order valence-electron chi connectivity index (χ0n) is 10.7. The highest BCUT2D eigenvalue weighted by atomic mass is 16.4. The number of hydrogen-bond acceptors (Lipinski definition) is 2. The number of aromatic nitrogens is 3. The van der Waals surface area contributed by atoms with Gasteiger partial charge in [-0.3, -0.25) is 0 Å². The maximum Gasteiger partial charge on any atom is 0.337 e. The van der Waals surface area contributed by atoms with Crippen LogP contribution in [0.5, 0.6) is 0 Å². The maximum atomic E-state index is 11.4. The Morgan fingerprint density at radius 3 is 2.95 bits per heavy atom. The van der Waals surface area contributed by atoms with Gasteiger partial charge in [-0.1, -0.05) is 12.1 Å². The lowest BCUT2D eigenvalue weighted by atomic mass is 10.0. The molecular formula is C15H11N3O2. The summed E-state index contributed by atoms with van der Waals surface area (Å²) in [5.74, 6) is -0.936. The molecule has 0 radical (unpaired) electrons. The normalized spacial score (nSPS) is 11.7. The van der Waals surface area contributed by atoms with Crippen molar-refractivity contribution in [3.63, 3.8) is 0 Å². The fourth-order valence-electron chi connectivity index (χ4n) is 2.78. The number of fused-ring (bicyclic) bond motifs is 2. The minimum absolute atomic E-state index is 0.273. The largest absolute Gasteiger partial charge is 0.478 e. The van der Waals surface area contributed by atoms with Crippen molar-refractivity contribution in [2.24, 2.45) is 0 Å². The molecule has 0 aliphatic carbocycles. The van der Waals surface area contributed by atoms with E-state index in [4.69, 9.17) is 0 Å². The molecule has 20 heavy (non-hydrogen) atoms. The number of carbonyl (C=O) groups is 1. The van der Waals surface area contributed by atoms with Crippen molar-refractivity contribution in [1.82, 2.24) is 14.6 Å². The lowest BCUT2D eigenvalue weighted by molar-refractivity contribution is 0.0699. The summed E-state index contributed by atoms with van der Waals surface area (Å²) in [5.41, 5.74) is 3.72. The number of hydrogen-bond donors (Lipinski definition) is 2. The van der Waals surface area contributed by atoms with Gasteiger partial charge in [0.2, 0.25) is 0 Å². The van der Waals surface area contributed by atoms with Gasteiger partial charge in [0.05, 0.1) is 22.8 Å². The number of nitrogens with one attached hydrogen (secondary N) is 1. The SMILES string of the molecule is Cc1cc2ccc(C(=O)O)c3[nH]c4ccnn4c(c1)c23. The maximum absolute atomic E-state index is 11.4. The molecule has 0 fully saturated rings. The van der Waals surface area contributed by atoms with Gasteiger partial charge in [-0.2, -0.15) is 5.10 Å². The molecule has 0 atom stereocenters. The molecule has 0 aliphatic heterocycles. The quantitative estimate of drug-likeness (QED) is 0.556. The highest BCUT2D eigenvalue weighted by Gasteiger charge is 2.15. The summed E-state index contributed by atoms with van der Waals surface area (Å²) in [6.07, 6.45) is 1.70. The van der Waals surface area contributed by atoms with Crippen LogP contribution in [0, 0.1) is 6.92 Å². The van der Waals surface area contributed by atoms with Gasteiger partial charge in [-0.25, -0.2) is 9.31 Å². The van der Waals surface area contributed by atoms with Gasteiger partial charge in [0.15, 0.2) is 0 Å². The summed E-state index contributed by atoms with van der Waals surface area (Å²) >= 11 is 0. The highest BCUT2D eigenvalue weighted by molar-refractivity contribution is 6.14. The van der Waals surface area contributed by atoms with Crippen molar-refractivity contribution >= 4 is 33.4 Å². The third kappa shape index (κ3) is 1.31. The Kier molecular flexibility index (Phi) is 1.99. The highest BCUT2D eigenvalue weighted by Crippen LogP contribution is 2.30. The van der Waals surface area contributed by atoms with Crippen molar-refractivity contribution in [2.45, 2.75) is 6.92 Å². The van der Waals surface area contributed by atoms with Gasteiger partial charge in [-0.05, 0) is 30.0 Å². The standard InChI is InChI=1S/C15H11N3O2/c1-8-6-9-2-3-10(15(19)20)14-13(9)11(7-8)18-12(17-14)4-5-16-18/h2-7,17H,1H3,(H,19,20). The summed E-state index contributed by atoms with van der Waals surface area (Å²) in [6.45, 7) is 2.02. The number of aromatic amines is 1. The molecule has 0 unspecified atom stereocenters. The van der Waals surface area contributed by atoms with Crippen LogP contribution in [0.2, 0.25) is 0 Å². The van der Waals surface area contributed by atoms with Crippen LogP contribution in [0.1, 0.15) is 15.9 Å². The molecule has 0 amide bonds. The fourth-order valence-corrected chi connectivity index (χ4v) is 2.78. The van der Waals surface area contributed by atoms with E-state index in [0.29, 0.717) is 5.52 Å². The monoisotopic (exact) mass is 265 g/mol. The van der Waals surface area contributed by atoms with Crippen molar-refractivity contribution in [2.75, 3.05) is 0 Å². The molecule has 4 aromatic rings. The third-order valence-electron chi connectivity index (χ3n) is 3.60. The molecule has 0 aliphatic rings. The molecule has 0 saturated carbocycles. The van der Waals surface area contributed by atoms with Crippen LogP contribution in [-0.4, -0.2) is 25.7 Å². The molecule has 2 aromatic carbocycles. The third-order valence-corrected chi connectivity index (χ3v) is 3.60. The van der Waals surface area contributed by atoms with Crippen molar-refractivity contribution in [1.29, 1.82) is 0 Å². The second kappa shape index (κ2) is 3.60. The lowest BCUT2D eigenvalue weighted by Crippen LogP contribution is -2.02. The lowest BCUT2D eigenvalue weighted by Gasteiger charge is -2.11. The first kappa shape index (κ1) is 11.0. The molecule has 5 heteroatoms. The Hall–Kier alpha value is -2.82. The molecule has 2 heterocycles. The van der Waals surface area contributed by atoms with Gasteiger partial charge in [0.1, 0.15) is 5.65 Å². The van der Waals surface area contributed by atoms with Gasteiger partial charge in [-0.15, -0.1) is 0 Å². The smallest absolute Gasteiger partial charge is 0.337 e. The van der Waals surface area contributed by atoms with E-state index in [1.54, 1.807) is 16.8 Å². The number of carboxylic acids is 1. The summed E-state index contributed by atoms with van der Waals surface area (Å²) in [5, 5.41) is 15.6. The first-order chi connectivity index (χ1) is 9.65. The fraction of sp³-hybridized carbons (Fsp3) is 0.0667. The number of H-pyrrole nitrogens is 1. The molecule has 98 valence electrons. The predicted octanol–water partition coefficient (Wildman–Crippen LogP) is 2.98. The first-order valence-electron chi connectivity index (χ1n) is 6.27. The number of aryl methyl sites for hydroxylation is 1. The van der Waals surface area contributed by atoms with E-state index in [1.807, 2.05) is 31.2 Å². The number of carboxylic acid groups (broad SMARTS) is 1. The van der Waals surface area contributed by atoms with Crippen LogP contribution in [0.3, 0.4) is 0 Å². The van der Waals surface area contributed by atoms with Gasteiger partial charge in [0.25, 0.3) is 0 Å². The summed E-state index contributed by atoms with van der Waals surface area (Å²) in [7, 11) is 0. The predicted molar refractivity (Wildman–Crippen MR) is 76.3 cm³/mol. The second-order valence-electron chi connectivity index (χ2n) is 4.93. The molecule has 5 nitrogen and oxygen atoms in total. The zero-order chi connectivity index (χ0) is 13.9. The van der Waals surface area contributed by atoms with Crippen molar-refractivity contribution in [3.8, 4) is 0 Å². The number of benzene rings is 2. The molecule has 0 saturated heterocycles. The minimum Gasteiger partial charge on any atom is -0.478 e. The number of nitrogens with zero attached hydrogens (tertiary/aromatic N) is 2. The van der Waals surface area contributed by atoms with Crippen LogP contribution in [0.25, 0.3) is 27.5 Å². The second-order valence-corrected chi connectivity index (χ2v) is 4.93. The van der Waals surface area contributed by atoms with Gasteiger partial charge >= 0.3 is 5.97 Å². The molecular weight excluding hydrogens is 254 g/mol. The minimum atomic E-state index is -0.936. The van der Waals surface area contributed by atoms with E-state index in [-0.39, 0.29) is 5.56 Å². The average Bonchev–Trinajstić information content (AvgIpc) is 2.86. The van der Waals surface area contributed by atoms with Crippen LogP contribution < -0.4 is 0 Å². The van der Waals surface area contributed by atoms with Gasteiger partial charge < -0.3 is 10.1 Å². The van der Waals surface area contributed by atoms with E-state index in [2.05, 4.69) is 10.1 Å². The van der Waals surface area contributed by atoms with E-state index in [1.165, 1.54) is 0 Å². The topological polar surface area (TPSA) is 70.4 Å². The van der Waals surface area contributed by atoms with Gasteiger partial charge in [0, 0.05) is 11.5 Å². The molecule has 0 bridgehead atoms. The van der Waals surface area contributed by atoms with Crippen molar-refractivity contribution < 1.29 is 9.90 Å². The zero-order valence-corrected chi connectivity index (χ0v) is 10.7. The summed E-state index contributed by atoms with van der Waals surface area (Å²) < 4.78 is 1.80.